The fourth-order valence-electron chi connectivity index (χ4n) is 1.12. The van der Waals surface area contributed by atoms with Crippen LogP contribution in [0.1, 0.15) is 5.69 Å². The average molecular weight is 205 g/mol. The van der Waals surface area contributed by atoms with E-state index in [4.69, 9.17) is 0 Å². The monoisotopic (exact) mass is 205 g/mol. The predicted molar refractivity (Wildman–Crippen MR) is 59.6 cm³/mol. The van der Waals surface area contributed by atoms with E-state index >= 15 is 0 Å². The van der Waals surface area contributed by atoms with Crippen LogP contribution in [0, 0.1) is 6.92 Å². The number of anilines is 1. The van der Waals surface area contributed by atoms with Crippen molar-refractivity contribution in [1.82, 2.24) is 9.97 Å². The van der Waals surface area contributed by atoms with Crippen LogP contribution in [0.5, 0.6) is 0 Å². The number of rotatable bonds is 2. The summed E-state index contributed by atoms with van der Waals surface area (Å²) in [5.74, 6) is 0.908. The third-order valence-corrected chi connectivity index (χ3v) is 2.81. The number of aryl methyl sites for hydroxylation is 1. The molecule has 0 fully saturated rings. The summed E-state index contributed by atoms with van der Waals surface area (Å²) < 4.78 is 0. The van der Waals surface area contributed by atoms with Crippen molar-refractivity contribution in [2.45, 2.75) is 6.92 Å². The third kappa shape index (κ3) is 1.75. The Morgan fingerprint density at radius 3 is 2.79 bits per heavy atom. The fourth-order valence-corrected chi connectivity index (χ4v) is 1.92. The van der Waals surface area contributed by atoms with Crippen LogP contribution < -0.4 is 5.32 Å². The van der Waals surface area contributed by atoms with Gasteiger partial charge in [0.25, 0.3) is 0 Å². The molecule has 0 atom stereocenters. The molecular weight excluding hydrogens is 194 g/mol. The molecule has 0 saturated heterocycles. The van der Waals surface area contributed by atoms with E-state index in [2.05, 4.69) is 15.3 Å². The average Bonchev–Trinajstić information content (AvgIpc) is 2.67. The number of pyridine rings is 1. The zero-order valence-corrected chi connectivity index (χ0v) is 8.93. The molecule has 0 aliphatic rings. The van der Waals surface area contributed by atoms with Crippen molar-refractivity contribution in [2.75, 3.05) is 12.4 Å². The number of thiazole rings is 1. The fraction of sp³-hybridized carbons (Fsp3) is 0.200. The van der Waals surface area contributed by atoms with E-state index in [1.54, 1.807) is 11.3 Å². The van der Waals surface area contributed by atoms with Gasteiger partial charge in [-0.1, -0.05) is 0 Å². The Balaban J connectivity index is 2.34. The highest BCUT2D eigenvalue weighted by Crippen LogP contribution is 2.24. The summed E-state index contributed by atoms with van der Waals surface area (Å²) in [6.07, 6.45) is 1.85. The number of aromatic nitrogens is 2. The molecule has 2 rings (SSSR count). The minimum absolute atomic E-state index is 0.908. The number of nitrogens with one attached hydrogen (secondary N) is 1. The topological polar surface area (TPSA) is 37.8 Å². The second kappa shape index (κ2) is 3.75. The maximum Gasteiger partial charge on any atom is 0.137 e. The molecular formula is C10H11N3S. The van der Waals surface area contributed by atoms with Crippen LogP contribution in [0.25, 0.3) is 10.6 Å². The molecule has 0 amide bonds. The van der Waals surface area contributed by atoms with Gasteiger partial charge >= 0.3 is 0 Å². The largest absolute Gasteiger partial charge is 0.372 e. The molecule has 0 aliphatic carbocycles. The lowest BCUT2D eigenvalue weighted by molar-refractivity contribution is 1.20. The molecule has 0 aliphatic heterocycles. The maximum absolute atomic E-state index is 4.40. The van der Waals surface area contributed by atoms with Crippen LogP contribution in [0.15, 0.2) is 23.7 Å². The van der Waals surface area contributed by atoms with E-state index in [0.717, 1.165) is 22.1 Å². The molecule has 72 valence electrons. The van der Waals surface area contributed by atoms with Crippen LogP contribution >= 0.6 is 11.3 Å². The molecule has 3 nitrogen and oxygen atoms in total. The lowest BCUT2D eigenvalue weighted by Gasteiger charge is -1.95. The zero-order valence-electron chi connectivity index (χ0n) is 8.11. The Hall–Kier alpha value is -1.42. The van der Waals surface area contributed by atoms with Crippen molar-refractivity contribution in [1.29, 1.82) is 0 Å². The van der Waals surface area contributed by atoms with Gasteiger partial charge in [-0.15, -0.1) is 11.3 Å². The van der Waals surface area contributed by atoms with E-state index in [1.807, 2.05) is 37.7 Å². The summed E-state index contributed by atoms with van der Waals surface area (Å²) in [6.45, 7) is 1.98. The van der Waals surface area contributed by atoms with Gasteiger partial charge in [0.1, 0.15) is 10.8 Å². The molecule has 0 unspecified atom stereocenters. The van der Waals surface area contributed by atoms with Crippen LogP contribution in [-0.4, -0.2) is 17.0 Å². The van der Waals surface area contributed by atoms with E-state index in [-0.39, 0.29) is 0 Å². The highest BCUT2D eigenvalue weighted by Gasteiger charge is 2.03. The summed E-state index contributed by atoms with van der Waals surface area (Å²) in [5, 5.41) is 6.00. The first-order valence-electron chi connectivity index (χ1n) is 4.36. The highest BCUT2D eigenvalue weighted by atomic mass is 32.1. The molecule has 0 aromatic carbocycles. The molecule has 0 saturated carbocycles. The van der Waals surface area contributed by atoms with Crippen LogP contribution in [-0.2, 0) is 0 Å². The normalized spacial score (nSPS) is 10.1. The Labute approximate surface area is 86.8 Å². The van der Waals surface area contributed by atoms with Crippen LogP contribution in [0.3, 0.4) is 0 Å². The molecule has 0 radical (unpaired) electrons. The third-order valence-electron chi connectivity index (χ3n) is 1.92. The van der Waals surface area contributed by atoms with E-state index in [0.29, 0.717) is 0 Å². The molecule has 2 aromatic rings. The van der Waals surface area contributed by atoms with E-state index < -0.39 is 0 Å². The quantitative estimate of drug-likeness (QED) is 0.818. The summed E-state index contributed by atoms with van der Waals surface area (Å²) in [7, 11) is 1.87. The van der Waals surface area contributed by atoms with Gasteiger partial charge in [-0.3, -0.25) is 4.98 Å². The van der Waals surface area contributed by atoms with Gasteiger partial charge in [-0.2, -0.15) is 0 Å². The Morgan fingerprint density at radius 1 is 1.36 bits per heavy atom. The molecule has 0 spiro atoms. The van der Waals surface area contributed by atoms with Crippen molar-refractivity contribution >= 4 is 17.2 Å². The summed E-state index contributed by atoms with van der Waals surface area (Å²) in [5.41, 5.74) is 2.10. The predicted octanol–water partition coefficient (Wildman–Crippen LogP) is 2.56. The van der Waals surface area contributed by atoms with Crippen molar-refractivity contribution in [3.05, 3.63) is 29.4 Å². The maximum atomic E-state index is 4.40. The summed E-state index contributed by atoms with van der Waals surface area (Å²) in [4.78, 5) is 8.63. The van der Waals surface area contributed by atoms with Crippen LogP contribution in [0.4, 0.5) is 5.82 Å². The Bertz CT molecular complexity index is 419. The van der Waals surface area contributed by atoms with Gasteiger partial charge in [-0.25, -0.2) is 4.98 Å². The first kappa shape index (κ1) is 9.15. The van der Waals surface area contributed by atoms with Gasteiger partial charge < -0.3 is 5.32 Å². The zero-order chi connectivity index (χ0) is 9.97. The second-order valence-corrected chi connectivity index (χ2v) is 3.83. The SMILES string of the molecule is CNc1csc(-c2ccc(C)nc2)n1. The Kier molecular flexibility index (Phi) is 2.45. The summed E-state index contributed by atoms with van der Waals surface area (Å²) in [6, 6.07) is 4.04. The molecule has 0 bridgehead atoms. The molecule has 2 aromatic heterocycles. The number of hydrogen-bond acceptors (Lipinski definition) is 4. The molecule has 4 heteroatoms. The highest BCUT2D eigenvalue weighted by molar-refractivity contribution is 7.13. The number of nitrogens with zero attached hydrogens (tertiary/aromatic N) is 2. The smallest absolute Gasteiger partial charge is 0.137 e. The van der Waals surface area contributed by atoms with Gasteiger partial charge in [-0.05, 0) is 19.1 Å². The van der Waals surface area contributed by atoms with Crippen LogP contribution in [0.2, 0.25) is 0 Å². The Morgan fingerprint density at radius 2 is 2.21 bits per heavy atom. The van der Waals surface area contributed by atoms with Crippen molar-refractivity contribution in [3.8, 4) is 10.6 Å². The van der Waals surface area contributed by atoms with Crippen molar-refractivity contribution in [3.63, 3.8) is 0 Å². The minimum atomic E-state index is 0.908. The van der Waals surface area contributed by atoms with Crippen molar-refractivity contribution in [2.24, 2.45) is 0 Å². The molecule has 1 N–H and O–H groups in total. The number of hydrogen-bond donors (Lipinski definition) is 1. The lowest BCUT2D eigenvalue weighted by atomic mass is 10.3. The lowest BCUT2D eigenvalue weighted by Crippen LogP contribution is -1.87. The summed E-state index contributed by atoms with van der Waals surface area (Å²) >= 11 is 1.62. The van der Waals surface area contributed by atoms with E-state index in [9.17, 15) is 0 Å². The molecule has 14 heavy (non-hydrogen) atoms. The van der Waals surface area contributed by atoms with Gasteiger partial charge in [0.05, 0.1) is 0 Å². The van der Waals surface area contributed by atoms with Gasteiger partial charge in [0.15, 0.2) is 0 Å². The molecule has 2 heterocycles. The first-order valence-corrected chi connectivity index (χ1v) is 5.24. The standard InChI is InChI=1S/C10H11N3S/c1-7-3-4-8(5-12-7)10-13-9(11-2)6-14-10/h3-6,11H,1-2H3. The first-order chi connectivity index (χ1) is 6.79. The van der Waals surface area contributed by atoms with E-state index in [1.165, 1.54) is 0 Å². The van der Waals surface area contributed by atoms with Crippen molar-refractivity contribution < 1.29 is 0 Å². The minimum Gasteiger partial charge on any atom is -0.372 e. The second-order valence-electron chi connectivity index (χ2n) is 2.98. The van der Waals surface area contributed by atoms with Gasteiger partial charge in [0, 0.05) is 29.9 Å². The van der Waals surface area contributed by atoms with Gasteiger partial charge in [0.2, 0.25) is 0 Å².